The molecule has 2 nitrogen and oxygen atoms in total. The molecule has 1 aromatic carbocycles. The minimum absolute atomic E-state index is 0.120. The average molecular weight is 201 g/mol. The SMILES string of the molecule is C[C@@H](N)c1cccc(OCC(F)F)c1. The maximum Gasteiger partial charge on any atom is 0.272 e. The first kappa shape index (κ1) is 10.9. The monoisotopic (exact) mass is 201 g/mol. The van der Waals surface area contributed by atoms with E-state index in [1.165, 1.54) is 0 Å². The third kappa shape index (κ3) is 3.30. The van der Waals surface area contributed by atoms with Gasteiger partial charge >= 0.3 is 0 Å². The standard InChI is InChI=1S/C10H13F2NO/c1-7(13)8-3-2-4-9(5-8)14-6-10(11)12/h2-5,7,10H,6,13H2,1H3/t7-/m1/s1. The Morgan fingerprint density at radius 2 is 2.14 bits per heavy atom. The highest BCUT2D eigenvalue weighted by Gasteiger charge is 2.05. The van der Waals surface area contributed by atoms with Crippen LogP contribution in [0.1, 0.15) is 18.5 Å². The molecule has 0 aliphatic rings. The topological polar surface area (TPSA) is 35.2 Å². The van der Waals surface area contributed by atoms with Gasteiger partial charge in [0, 0.05) is 6.04 Å². The Kier molecular flexibility index (Phi) is 3.83. The second kappa shape index (κ2) is 4.91. The molecule has 4 heteroatoms. The summed E-state index contributed by atoms with van der Waals surface area (Å²) in [5.41, 5.74) is 6.51. The van der Waals surface area contributed by atoms with E-state index < -0.39 is 13.0 Å². The first-order valence-corrected chi connectivity index (χ1v) is 4.36. The van der Waals surface area contributed by atoms with Gasteiger partial charge in [-0.1, -0.05) is 12.1 Å². The largest absolute Gasteiger partial charge is 0.488 e. The first-order chi connectivity index (χ1) is 6.59. The van der Waals surface area contributed by atoms with Gasteiger partial charge in [-0.15, -0.1) is 0 Å². The summed E-state index contributed by atoms with van der Waals surface area (Å²) in [6, 6.07) is 6.76. The molecule has 14 heavy (non-hydrogen) atoms. The van der Waals surface area contributed by atoms with Gasteiger partial charge in [-0.05, 0) is 24.6 Å². The van der Waals surface area contributed by atoms with Gasteiger partial charge in [0.05, 0.1) is 0 Å². The maximum absolute atomic E-state index is 11.8. The highest BCUT2D eigenvalue weighted by atomic mass is 19.3. The van der Waals surface area contributed by atoms with Crippen LogP contribution >= 0.6 is 0 Å². The van der Waals surface area contributed by atoms with Crippen molar-refractivity contribution in [2.24, 2.45) is 5.73 Å². The van der Waals surface area contributed by atoms with E-state index in [0.29, 0.717) is 5.75 Å². The van der Waals surface area contributed by atoms with Crippen LogP contribution in [0.4, 0.5) is 8.78 Å². The number of alkyl halides is 2. The molecule has 0 saturated carbocycles. The van der Waals surface area contributed by atoms with Gasteiger partial charge in [0.2, 0.25) is 0 Å². The van der Waals surface area contributed by atoms with E-state index in [0.717, 1.165) is 5.56 Å². The summed E-state index contributed by atoms with van der Waals surface area (Å²) in [5, 5.41) is 0. The molecule has 0 unspecified atom stereocenters. The van der Waals surface area contributed by atoms with Gasteiger partial charge in [0.1, 0.15) is 12.4 Å². The summed E-state index contributed by atoms with van der Waals surface area (Å²) < 4.78 is 28.5. The molecule has 78 valence electrons. The summed E-state index contributed by atoms with van der Waals surface area (Å²) in [7, 11) is 0. The van der Waals surface area contributed by atoms with Crippen LogP contribution in [-0.4, -0.2) is 13.0 Å². The summed E-state index contributed by atoms with van der Waals surface area (Å²) in [5.74, 6) is 0.431. The minimum atomic E-state index is -2.45. The average Bonchev–Trinajstić information content (AvgIpc) is 2.15. The molecule has 0 saturated heterocycles. The van der Waals surface area contributed by atoms with Crippen LogP contribution in [0, 0.1) is 0 Å². The van der Waals surface area contributed by atoms with Gasteiger partial charge in [-0.2, -0.15) is 0 Å². The van der Waals surface area contributed by atoms with E-state index in [1.54, 1.807) is 18.2 Å². The number of rotatable bonds is 4. The third-order valence-corrected chi connectivity index (χ3v) is 1.76. The molecule has 2 N–H and O–H groups in total. The van der Waals surface area contributed by atoms with E-state index in [9.17, 15) is 8.78 Å². The Bertz CT molecular complexity index is 289. The fourth-order valence-corrected chi connectivity index (χ4v) is 1.05. The highest BCUT2D eigenvalue weighted by Crippen LogP contribution is 2.17. The minimum Gasteiger partial charge on any atom is -0.488 e. The first-order valence-electron chi connectivity index (χ1n) is 4.36. The molecule has 1 atom stereocenters. The lowest BCUT2D eigenvalue weighted by atomic mass is 10.1. The van der Waals surface area contributed by atoms with Gasteiger partial charge in [-0.3, -0.25) is 0 Å². The molecule has 0 aromatic heterocycles. The van der Waals surface area contributed by atoms with Crippen LogP contribution in [0.3, 0.4) is 0 Å². The predicted octanol–water partition coefficient (Wildman–Crippen LogP) is 2.35. The molecule has 1 rings (SSSR count). The van der Waals surface area contributed by atoms with Crippen molar-refractivity contribution < 1.29 is 13.5 Å². The number of ether oxygens (including phenoxy) is 1. The molecule has 0 spiro atoms. The van der Waals surface area contributed by atoms with Crippen molar-refractivity contribution in [2.45, 2.75) is 19.4 Å². The Hall–Kier alpha value is -1.16. The number of hydrogen-bond donors (Lipinski definition) is 1. The van der Waals surface area contributed by atoms with E-state index in [-0.39, 0.29) is 6.04 Å². The van der Waals surface area contributed by atoms with Gasteiger partial charge in [-0.25, -0.2) is 8.78 Å². The third-order valence-electron chi connectivity index (χ3n) is 1.76. The van der Waals surface area contributed by atoms with Crippen LogP contribution < -0.4 is 10.5 Å². The smallest absolute Gasteiger partial charge is 0.272 e. The van der Waals surface area contributed by atoms with E-state index in [2.05, 4.69) is 0 Å². The quantitative estimate of drug-likeness (QED) is 0.811. The zero-order chi connectivity index (χ0) is 10.6. The van der Waals surface area contributed by atoms with Crippen LogP contribution in [0.15, 0.2) is 24.3 Å². The lowest BCUT2D eigenvalue weighted by Gasteiger charge is -2.09. The van der Waals surface area contributed by atoms with Crippen LogP contribution in [0.2, 0.25) is 0 Å². The summed E-state index contributed by atoms with van der Waals surface area (Å²) in [4.78, 5) is 0. The van der Waals surface area contributed by atoms with Crippen LogP contribution in [-0.2, 0) is 0 Å². The van der Waals surface area contributed by atoms with Crippen LogP contribution in [0.25, 0.3) is 0 Å². The second-order valence-corrected chi connectivity index (χ2v) is 3.06. The normalized spacial score (nSPS) is 12.9. The summed E-state index contributed by atoms with van der Waals surface area (Å²) >= 11 is 0. The molecule has 0 bridgehead atoms. The zero-order valence-electron chi connectivity index (χ0n) is 7.91. The molecule has 0 heterocycles. The maximum atomic E-state index is 11.8. The predicted molar refractivity (Wildman–Crippen MR) is 50.5 cm³/mol. The zero-order valence-corrected chi connectivity index (χ0v) is 7.91. The molecule has 0 amide bonds. The number of halogens is 2. The summed E-state index contributed by atoms with van der Waals surface area (Å²) in [6.07, 6.45) is -2.45. The summed E-state index contributed by atoms with van der Waals surface area (Å²) in [6.45, 7) is 1.24. The Labute approximate surface area is 81.7 Å². The van der Waals surface area contributed by atoms with Gasteiger partial charge < -0.3 is 10.5 Å². The fraction of sp³-hybridized carbons (Fsp3) is 0.400. The molecule has 0 radical (unpaired) electrons. The van der Waals surface area contributed by atoms with E-state index >= 15 is 0 Å². The van der Waals surface area contributed by atoms with E-state index in [1.807, 2.05) is 13.0 Å². The van der Waals surface area contributed by atoms with Crippen molar-refractivity contribution >= 4 is 0 Å². The Morgan fingerprint density at radius 3 is 2.71 bits per heavy atom. The van der Waals surface area contributed by atoms with Crippen molar-refractivity contribution in [2.75, 3.05) is 6.61 Å². The van der Waals surface area contributed by atoms with Crippen molar-refractivity contribution in [3.8, 4) is 5.75 Å². The number of nitrogens with two attached hydrogens (primary N) is 1. The van der Waals surface area contributed by atoms with Gasteiger partial charge in [0.25, 0.3) is 6.43 Å². The fourth-order valence-electron chi connectivity index (χ4n) is 1.05. The van der Waals surface area contributed by atoms with Crippen molar-refractivity contribution in [1.82, 2.24) is 0 Å². The Balaban J connectivity index is 2.64. The molecule has 0 aliphatic heterocycles. The Morgan fingerprint density at radius 1 is 1.43 bits per heavy atom. The molecular formula is C10H13F2NO. The highest BCUT2D eigenvalue weighted by molar-refractivity contribution is 5.30. The van der Waals surface area contributed by atoms with E-state index in [4.69, 9.17) is 10.5 Å². The van der Waals surface area contributed by atoms with Gasteiger partial charge in [0.15, 0.2) is 0 Å². The molecule has 1 aromatic rings. The van der Waals surface area contributed by atoms with Crippen molar-refractivity contribution in [3.05, 3.63) is 29.8 Å². The lowest BCUT2D eigenvalue weighted by molar-refractivity contribution is 0.0818. The molecular weight excluding hydrogens is 188 g/mol. The molecule has 0 fully saturated rings. The number of benzene rings is 1. The second-order valence-electron chi connectivity index (χ2n) is 3.06. The lowest BCUT2D eigenvalue weighted by Crippen LogP contribution is -2.08. The molecule has 0 aliphatic carbocycles. The van der Waals surface area contributed by atoms with Crippen LogP contribution in [0.5, 0.6) is 5.75 Å². The number of hydrogen-bond acceptors (Lipinski definition) is 2. The van der Waals surface area contributed by atoms with Crippen molar-refractivity contribution in [3.63, 3.8) is 0 Å². The van der Waals surface area contributed by atoms with Crippen molar-refractivity contribution in [1.29, 1.82) is 0 Å².